The molecule has 0 heterocycles. The molecular weight excluding hydrogens is 344 g/mol. The van der Waals surface area contributed by atoms with Crippen LogP contribution in [0.3, 0.4) is 0 Å². The Morgan fingerprint density at radius 2 is 0.893 bits per heavy atom. The van der Waals surface area contributed by atoms with Crippen LogP contribution in [0.15, 0.2) is 0 Å². The van der Waals surface area contributed by atoms with Crippen LogP contribution >= 0.6 is 0 Å². The monoisotopic (exact) mass is 400 g/mol. The summed E-state index contributed by atoms with van der Waals surface area (Å²) in [6, 6.07) is 0. The van der Waals surface area contributed by atoms with Crippen molar-refractivity contribution in [2.75, 3.05) is 26.4 Å². The number of rotatable bonds is 14. The lowest BCUT2D eigenvalue weighted by Gasteiger charge is -2.21. The van der Waals surface area contributed by atoms with Crippen LogP contribution in [0, 0.1) is 22.7 Å². The van der Waals surface area contributed by atoms with Gasteiger partial charge >= 0.3 is 0 Å². The lowest BCUT2D eigenvalue weighted by atomic mass is 9.98. The van der Waals surface area contributed by atoms with E-state index in [2.05, 4.69) is 69.2 Å². The van der Waals surface area contributed by atoms with E-state index < -0.39 is 0 Å². The minimum atomic E-state index is 0.309. The Morgan fingerprint density at radius 1 is 0.571 bits per heavy atom. The molecule has 0 saturated carbocycles. The van der Waals surface area contributed by atoms with E-state index in [0.29, 0.717) is 10.8 Å². The first kappa shape index (κ1) is 30.1. The van der Waals surface area contributed by atoms with Crippen LogP contribution in [0.5, 0.6) is 0 Å². The van der Waals surface area contributed by atoms with E-state index in [4.69, 9.17) is 9.47 Å². The number of hydrogen-bond acceptors (Lipinski definition) is 2. The molecule has 0 radical (unpaired) electrons. The molecule has 0 rings (SSSR count). The second-order valence-electron chi connectivity index (χ2n) is 11.0. The first-order valence-corrected chi connectivity index (χ1v) is 12.1. The predicted octanol–water partition coefficient (Wildman–Crippen LogP) is 8.53. The van der Waals surface area contributed by atoms with Crippen LogP contribution in [0.25, 0.3) is 0 Å². The third-order valence-corrected chi connectivity index (χ3v) is 4.86. The van der Waals surface area contributed by atoms with Crippen LogP contribution in [-0.4, -0.2) is 26.4 Å². The summed E-state index contributed by atoms with van der Waals surface area (Å²) >= 11 is 0. The average molecular weight is 401 g/mol. The molecule has 0 fully saturated rings. The largest absolute Gasteiger partial charge is 0.381 e. The fourth-order valence-electron chi connectivity index (χ4n) is 2.86. The molecule has 2 nitrogen and oxygen atoms in total. The second-order valence-corrected chi connectivity index (χ2v) is 11.0. The van der Waals surface area contributed by atoms with E-state index in [9.17, 15) is 0 Å². The van der Waals surface area contributed by atoms with Crippen LogP contribution in [0.4, 0.5) is 0 Å². The van der Waals surface area contributed by atoms with Gasteiger partial charge in [0.15, 0.2) is 0 Å². The Bertz CT molecular complexity index is 279. The van der Waals surface area contributed by atoms with Gasteiger partial charge in [0.2, 0.25) is 0 Å². The van der Waals surface area contributed by atoms with Crippen LogP contribution in [-0.2, 0) is 9.47 Å². The molecule has 0 spiro atoms. The summed E-state index contributed by atoms with van der Waals surface area (Å²) < 4.78 is 11.5. The molecule has 0 aliphatic carbocycles. The average Bonchev–Trinajstić information content (AvgIpc) is 2.59. The van der Waals surface area contributed by atoms with Crippen molar-refractivity contribution in [2.24, 2.45) is 22.7 Å². The van der Waals surface area contributed by atoms with Crippen molar-refractivity contribution in [1.82, 2.24) is 0 Å². The Kier molecular flexibility index (Phi) is 19.1. The van der Waals surface area contributed by atoms with E-state index in [1.165, 1.54) is 51.4 Å². The Labute approximate surface area is 179 Å². The molecule has 0 aromatic heterocycles. The van der Waals surface area contributed by atoms with Gasteiger partial charge in [0.05, 0.1) is 13.2 Å². The van der Waals surface area contributed by atoms with E-state index in [0.717, 1.165) is 38.3 Å². The second kappa shape index (κ2) is 17.8. The van der Waals surface area contributed by atoms with Crippen molar-refractivity contribution >= 4 is 0 Å². The van der Waals surface area contributed by atoms with Gasteiger partial charge in [-0.15, -0.1) is 0 Å². The van der Waals surface area contributed by atoms with Crippen molar-refractivity contribution in [2.45, 2.75) is 121 Å². The molecule has 0 aliphatic rings. The summed E-state index contributed by atoms with van der Waals surface area (Å²) in [6.45, 7) is 26.0. The summed E-state index contributed by atoms with van der Waals surface area (Å²) in [5, 5.41) is 0. The molecule has 0 N–H and O–H groups in total. The molecule has 0 aromatic rings. The molecule has 0 aromatic carbocycles. The molecule has 2 heteroatoms. The molecular formula is C26H56O2. The van der Waals surface area contributed by atoms with E-state index in [1.807, 2.05) is 0 Å². The minimum Gasteiger partial charge on any atom is -0.381 e. The van der Waals surface area contributed by atoms with E-state index >= 15 is 0 Å². The molecule has 0 unspecified atom stereocenters. The fraction of sp³-hybridized carbons (Fsp3) is 1.00. The lowest BCUT2D eigenvalue weighted by Crippen LogP contribution is -2.18. The molecule has 0 amide bonds. The van der Waals surface area contributed by atoms with Crippen molar-refractivity contribution in [3.63, 3.8) is 0 Å². The molecule has 0 bridgehead atoms. The number of hydrogen-bond donors (Lipinski definition) is 0. The van der Waals surface area contributed by atoms with Gasteiger partial charge in [0, 0.05) is 13.2 Å². The van der Waals surface area contributed by atoms with Crippen LogP contribution in [0.1, 0.15) is 121 Å². The van der Waals surface area contributed by atoms with Gasteiger partial charge in [0.25, 0.3) is 0 Å². The fourth-order valence-corrected chi connectivity index (χ4v) is 2.86. The summed E-state index contributed by atoms with van der Waals surface area (Å²) in [6.07, 6.45) is 10.5. The number of ether oxygens (including phenoxy) is 2. The normalized spacial score (nSPS) is 14.4. The summed E-state index contributed by atoms with van der Waals surface area (Å²) in [7, 11) is 0. The first-order chi connectivity index (χ1) is 13.0. The standard InChI is InChI=1S/2C13H28O/c2*1-6-8-9-12(7-2)10-14-11-13(3,4)5/h2*12H,6-11H2,1-5H3/t2*12-/m10/s1. The molecule has 2 atom stereocenters. The summed E-state index contributed by atoms with van der Waals surface area (Å²) in [4.78, 5) is 0. The zero-order valence-electron chi connectivity index (χ0n) is 21.5. The predicted molar refractivity (Wildman–Crippen MR) is 127 cm³/mol. The van der Waals surface area contributed by atoms with Crippen LogP contribution in [0.2, 0.25) is 0 Å². The zero-order chi connectivity index (χ0) is 22.1. The number of unbranched alkanes of at least 4 members (excludes halogenated alkanes) is 2. The SMILES string of the molecule is CCCC[C@@H](CC)COCC(C)(C)C.CCCC[C@H](CC)COCC(C)(C)C. The van der Waals surface area contributed by atoms with Crippen molar-refractivity contribution in [3.8, 4) is 0 Å². The zero-order valence-corrected chi connectivity index (χ0v) is 21.5. The Balaban J connectivity index is 0. The molecule has 0 saturated heterocycles. The third kappa shape index (κ3) is 24.0. The van der Waals surface area contributed by atoms with E-state index in [-0.39, 0.29) is 0 Å². The van der Waals surface area contributed by atoms with Crippen molar-refractivity contribution in [3.05, 3.63) is 0 Å². The highest BCUT2D eigenvalue weighted by atomic mass is 16.5. The van der Waals surface area contributed by atoms with Crippen molar-refractivity contribution < 1.29 is 9.47 Å². The van der Waals surface area contributed by atoms with Gasteiger partial charge in [-0.05, 0) is 35.5 Å². The smallest absolute Gasteiger partial charge is 0.0514 e. The molecule has 28 heavy (non-hydrogen) atoms. The molecule has 172 valence electrons. The first-order valence-electron chi connectivity index (χ1n) is 12.1. The van der Waals surface area contributed by atoms with E-state index in [1.54, 1.807) is 0 Å². The Morgan fingerprint density at radius 3 is 1.11 bits per heavy atom. The summed E-state index contributed by atoms with van der Waals surface area (Å²) in [5.74, 6) is 1.55. The maximum absolute atomic E-state index is 5.75. The molecule has 0 aliphatic heterocycles. The lowest BCUT2D eigenvalue weighted by molar-refractivity contribution is 0.0443. The quantitative estimate of drug-likeness (QED) is 0.291. The van der Waals surface area contributed by atoms with Crippen LogP contribution < -0.4 is 0 Å². The van der Waals surface area contributed by atoms with Gasteiger partial charge in [-0.25, -0.2) is 0 Å². The van der Waals surface area contributed by atoms with Gasteiger partial charge < -0.3 is 9.47 Å². The highest BCUT2D eigenvalue weighted by molar-refractivity contribution is 4.62. The van der Waals surface area contributed by atoms with Gasteiger partial charge in [-0.1, -0.05) is 108 Å². The third-order valence-electron chi connectivity index (χ3n) is 4.86. The Hall–Kier alpha value is -0.0800. The maximum atomic E-state index is 5.75. The highest BCUT2D eigenvalue weighted by Crippen LogP contribution is 2.18. The summed E-state index contributed by atoms with van der Waals surface area (Å²) in [5.41, 5.74) is 0.617. The van der Waals surface area contributed by atoms with Crippen molar-refractivity contribution in [1.29, 1.82) is 0 Å². The maximum Gasteiger partial charge on any atom is 0.0514 e. The van der Waals surface area contributed by atoms with Gasteiger partial charge in [-0.3, -0.25) is 0 Å². The highest BCUT2D eigenvalue weighted by Gasteiger charge is 2.13. The van der Waals surface area contributed by atoms with Gasteiger partial charge in [0.1, 0.15) is 0 Å². The topological polar surface area (TPSA) is 18.5 Å². The minimum absolute atomic E-state index is 0.309. The van der Waals surface area contributed by atoms with Gasteiger partial charge in [-0.2, -0.15) is 0 Å².